The summed E-state index contributed by atoms with van der Waals surface area (Å²) in [5.74, 6) is 1.20. The molecule has 28 heavy (non-hydrogen) atoms. The van der Waals surface area contributed by atoms with E-state index in [4.69, 9.17) is 0 Å². The van der Waals surface area contributed by atoms with E-state index in [-0.39, 0.29) is 22.7 Å². The summed E-state index contributed by atoms with van der Waals surface area (Å²) in [5.41, 5.74) is 1.49. The van der Waals surface area contributed by atoms with Gasteiger partial charge in [0.2, 0.25) is 0 Å². The Balaban J connectivity index is 0.00000225. The molecule has 2 aromatic carbocycles. The Morgan fingerprint density at radius 2 is 1.75 bits per heavy atom. The molecule has 2 aromatic rings. The molecule has 1 unspecified atom stereocenters. The minimum absolute atomic E-state index is 0. The summed E-state index contributed by atoms with van der Waals surface area (Å²) in [4.78, 5) is 1.99. The average Bonchev–Trinajstić information content (AvgIpc) is 2.96. The molecule has 150 valence electrons. The summed E-state index contributed by atoms with van der Waals surface area (Å²) >= 11 is 0. The highest BCUT2D eigenvalue weighted by atomic mass is 79.9. The van der Waals surface area contributed by atoms with Crippen molar-refractivity contribution in [1.82, 2.24) is 0 Å². The highest BCUT2D eigenvalue weighted by Gasteiger charge is 2.54. The van der Waals surface area contributed by atoms with Crippen molar-refractivity contribution >= 4 is 11.5 Å². The number of halogens is 3. The second kappa shape index (κ2) is 8.17. The number of amidine groups is 1. The van der Waals surface area contributed by atoms with Gasteiger partial charge < -0.3 is 26.8 Å². The lowest BCUT2D eigenvalue weighted by Crippen LogP contribution is -3.00. The summed E-state index contributed by atoms with van der Waals surface area (Å²) in [6.45, 7) is 0.526. The molecule has 0 saturated carbocycles. The highest BCUT2D eigenvalue weighted by Crippen LogP contribution is 2.38. The predicted octanol–water partition coefficient (Wildman–Crippen LogP) is 0.861. The summed E-state index contributed by atoms with van der Waals surface area (Å²) in [6.07, 6.45) is 3.09. The van der Waals surface area contributed by atoms with Crippen molar-refractivity contribution in [2.24, 2.45) is 0 Å². The molecule has 0 aliphatic carbocycles. The molecule has 0 radical (unpaired) electrons. The molecule has 0 aromatic heterocycles. The number of aryl methyl sites for hydroxylation is 1. The zero-order valence-electron chi connectivity index (χ0n) is 15.6. The van der Waals surface area contributed by atoms with E-state index in [1.54, 1.807) is 12.1 Å². The third-order valence-electron chi connectivity index (χ3n) is 5.32. The fraction of sp³-hybridized carbons (Fsp3) is 0.381. The molecule has 2 heterocycles. The number of alkyl halides is 2. The summed E-state index contributed by atoms with van der Waals surface area (Å²) in [5, 5.41) is 11.7. The van der Waals surface area contributed by atoms with E-state index in [1.165, 1.54) is 12.1 Å². The van der Waals surface area contributed by atoms with Crippen LogP contribution in [-0.4, -0.2) is 35.2 Å². The van der Waals surface area contributed by atoms with Crippen LogP contribution in [0.15, 0.2) is 48.5 Å². The SMILES string of the molecule is Cc1ccc(N2C3=[N+](CCCC3)CC2(O)c2ccc(OC(F)F)cc2)cc1.[Br-]. The molecular formula is C21H23BrF2N2O2. The second-order valence-corrected chi connectivity index (χ2v) is 7.19. The molecular weight excluding hydrogens is 430 g/mol. The number of anilines is 1. The largest absolute Gasteiger partial charge is 1.00 e. The molecule has 2 aliphatic rings. The minimum Gasteiger partial charge on any atom is -1.00 e. The van der Waals surface area contributed by atoms with Crippen LogP contribution < -0.4 is 26.6 Å². The Hall–Kier alpha value is -1.99. The lowest BCUT2D eigenvalue weighted by Gasteiger charge is -2.29. The first-order valence-electron chi connectivity index (χ1n) is 9.23. The summed E-state index contributed by atoms with van der Waals surface area (Å²) < 4.78 is 31.5. The van der Waals surface area contributed by atoms with Crippen LogP contribution in [0, 0.1) is 6.92 Å². The van der Waals surface area contributed by atoms with Crippen molar-refractivity contribution in [2.75, 3.05) is 18.0 Å². The second-order valence-electron chi connectivity index (χ2n) is 7.19. The van der Waals surface area contributed by atoms with Crippen LogP contribution in [0.2, 0.25) is 0 Å². The van der Waals surface area contributed by atoms with E-state index in [2.05, 4.69) is 9.31 Å². The van der Waals surface area contributed by atoms with Gasteiger partial charge in [0.1, 0.15) is 11.4 Å². The van der Waals surface area contributed by atoms with Gasteiger partial charge in [-0.1, -0.05) is 17.7 Å². The van der Waals surface area contributed by atoms with Gasteiger partial charge in [0, 0.05) is 12.0 Å². The van der Waals surface area contributed by atoms with E-state index >= 15 is 0 Å². The van der Waals surface area contributed by atoms with Crippen LogP contribution >= 0.6 is 0 Å². The Labute approximate surface area is 173 Å². The number of aliphatic hydroxyl groups is 1. The molecule has 4 nitrogen and oxygen atoms in total. The number of benzene rings is 2. The first kappa shape index (κ1) is 20.7. The van der Waals surface area contributed by atoms with E-state index in [0.717, 1.165) is 42.9 Å². The molecule has 0 saturated heterocycles. The number of hydrogen-bond acceptors (Lipinski definition) is 3. The standard InChI is InChI=1S/C21H23F2N2O2.BrH/c1-15-5-9-17(10-6-15)25-19-4-2-3-13-24(19)14-21(25,26)16-7-11-18(12-8-16)27-20(22)23;/h5-12,20,26H,2-4,13-14H2,1H3;1H/q+1;/p-1. The van der Waals surface area contributed by atoms with Gasteiger partial charge in [-0.15, -0.1) is 0 Å². The van der Waals surface area contributed by atoms with Crippen molar-refractivity contribution < 1.29 is 40.2 Å². The van der Waals surface area contributed by atoms with Crippen molar-refractivity contribution in [3.05, 3.63) is 59.7 Å². The average molecular weight is 453 g/mol. The van der Waals surface area contributed by atoms with Gasteiger partial charge in [-0.2, -0.15) is 13.7 Å². The van der Waals surface area contributed by atoms with Gasteiger partial charge in [-0.3, -0.25) is 4.58 Å². The van der Waals surface area contributed by atoms with E-state index < -0.39 is 12.3 Å². The normalized spacial score (nSPS) is 21.5. The lowest BCUT2D eigenvalue weighted by atomic mass is 10.00. The third kappa shape index (κ3) is 3.78. The third-order valence-corrected chi connectivity index (χ3v) is 5.32. The Morgan fingerprint density at radius 1 is 1.07 bits per heavy atom. The van der Waals surface area contributed by atoms with Crippen LogP contribution in [0.25, 0.3) is 0 Å². The lowest BCUT2D eigenvalue weighted by molar-refractivity contribution is -0.538. The number of hydrogen-bond donors (Lipinski definition) is 1. The van der Waals surface area contributed by atoms with Gasteiger partial charge in [-0.05, 0) is 56.2 Å². The molecule has 0 bridgehead atoms. The number of ether oxygens (including phenoxy) is 1. The molecule has 1 atom stereocenters. The maximum absolute atomic E-state index is 12.4. The van der Waals surface area contributed by atoms with E-state index in [1.807, 2.05) is 36.1 Å². The van der Waals surface area contributed by atoms with Crippen LogP contribution in [-0.2, 0) is 5.72 Å². The smallest absolute Gasteiger partial charge is 0.387 e. The fourth-order valence-corrected chi connectivity index (χ4v) is 4.03. The van der Waals surface area contributed by atoms with E-state index in [0.29, 0.717) is 12.1 Å². The Kier molecular flexibility index (Phi) is 6.05. The number of rotatable bonds is 4. The van der Waals surface area contributed by atoms with Crippen molar-refractivity contribution in [3.8, 4) is 5.75 Å². The Morgan fingerprint density at radius 3 is 2.39 bits per heavy atom. The van der Waals surface area contributed by atoms with Crippen molar-refractivity contribution in [2.45, 2.75) is 38.5 Å². The molecule has 0 amide bonds. The van der Waals surface area contributed by atoms with Gasteiger partial charge in [0.15, 0.2) is 6.54 Å². The maximum atomic E-state index is 12.4. The molecule has 0 spiro atoms. The van der Waals surface area contributed by atoms with Gasteiger partial charge in [-0.25, -0.2) is 0 Å². The van der Waals surface area contributed by atoms with Crippen LogP contribution in [0.4, 0.5) is 14.5 Å². The van der Waals surface area contributed by atoms with Gasteiger partial charge in [0.05, 0.1) is 6.54 Å². The molecule has 0 fully saturated rings. The van der Waals surface area contributed by atoms with Crippen molar-refractivity contribution in [3.63, 3.8) is 0 Å². The first-order chi connectivity index (χ1) is 13.0. The predicted molar refractivity (Wildman–Crippen MR) is 99.5 cm³/mol. The molecule has 1 N–H and O–H groups in total. The van der Waals surface area contributed by atoms with Crippen LogP contribution in [0.5, 0.6) is 5.75 Å². The van der Waals surface area contributed by atoms with Crippen LogP contribution in [0.3, 0.4) is 0 Å². The minimum atomic E-state index is -2.86. The molecule has 7 heteroatoms. The van der Waals surface area contributed by atoms with Crippen molar-refractivity contribution in [1.29, 1.82) is 0 Å². The van der Waals surface area contributed by atoms with Gasteiger partial charge in [0.25, 0.3) is 11.6 Å². The highest BCUT2D eigenvalue weighted by molar-refractivity contribution is 5.97. The first-order valence-corrected chi connectivity index (χ1v) is 9.23. The fourth-order valence-electron chi connectivity index (χ4n) is 4.03. The van der Waals surface area contributed by atoms with Gasteiger partial charge >= 0.3 is 6.61 Å². The summed E-state index contributed by atoms with van der Waals surface area (Å²) in [7, 11) is 0. The maximum Gasteiger partial charge on any atom is 0.387 e. The molecule has 2 aliphatic heterocycles. The zero-order chi connectivity index (χ0) is 19.0. The monoisotopic (exact) mass is 452 g/mol. The quantitative estimate of drug-likeness (QED) is 0.698. The summed E-state index contributed by atoms with van der Waals surface area (Å²) in [6, 6.07) is 14.4. The van der Waals surface area contributed by atoms with Crippen LogP contribution in [0.1, 0.15) is 30.4 Å². The van der Waals surface area contributed by atoms with E-state index in [9.17, 15) is 13.9 Å². The molecule has 4 rings (SSSR count). The number of nitrogens with zero attached hydrogens (tertiary/aromatic N) is 2. The topological polar surface area (TPSA) is 35.7 Å². The zero-order valence-corrected chi connectivity index (χ0v) is 17.2. The Bertz CT molecular complexity index is 856.